The van der Waals surface area contributed by atoms with E-state index in [1.807, 2.05) is 6.92 Å². The van der Waals surface area contributed by atoms with Gasteiger partial charge in [-0.3, -0.25) is 10.1 Å². The summed E-state index contributed by atoms with van der Waals surface area (Å²) in [6, 6.07) is 11.4. The maximum atomic E-state index is 11.0. The molecule has 0 bridgehead atoms. The average Bonchev–Trinajstić information content (AvgIpc) is 2.46. The molecule has 6 heteroatoms. The third-order valence-corrected chi connectivity index (χ3v) is 3.27. The third kappa shape index (κ3) is 3.71. The smallest absolute Gasteiger partial charge is 0.276 e. The maximum Gasteiger partial charge on any atom is 0.276 e. The number of hydrogen-bond donors (Lipinski definition) is 1. The van der Waals surface area contributed by atoms with Crippen LogP contribution in [0.2, 0.25) is 5.02 Å². The summed E-state index contributed by atoms with van der Waals surface area (Å²) in [5, 5.41) is 11.5. The Morgan fingerprint density at radius 2 is 2.05 bits per heavy atom. The Labute approximate surface area is 127 Å². The van der Waals surface area contributed by atoms with Gasteiger partial charge in [-0.1, -0.05) is 23.7 Å². The zero-order valence-electron chi connectivity index (χ0n) is 11.5. The van der Waals surface area contributed by atoms with E-state index in [9.17, 15) is 10.1 Å². The number of nitrogens with two attached hydrogens (primary N) is 1. The quantitative estimate of drug-likeness (QED) is 0.672. The van der Waals surface area contributed by atoms with Crippen molar-refractivity contribution >= 4 is 17.3 Å². The molecule has 0 aliphatic carbocycles. The Morgan fingerprint density at radius 1 is 1.33 bits per heavy atom. The topological polar surface area (TPSA) is 78.4 Å². The van der Waals surface area contributed by atoms with Crippen molar-refractivity contribution < 1.29 is 9.66 Å². The number of nitro benzene ring substituents is 1. The zero-order valence-corrected chi connectivity index (χ0v) is 12.2. The standard InChI is InChI=1S/C15H15ClN2O3/c1-10(17)13-8-12(16)6-7-15(13)21-9-11-4-2-3-5-14(11)18(19)20/h2-8,10H,9,17H2,1H3/t10-/m1/s1. The van der Waals surface area contributed by atoms with Crippen molar-refractivity contribution in [2.24, 2.45) is 5.73 Å². The van der Waals surface area contributed by atoms with Gasteiger partial charge in [0.05, 0.1) is 10.5 Å². The van der Waals surface area contributed by atoms with Gasteiger partial charge in [-0.05, 0) is 31.2 Å². The fourth-order valence-corrected chi connectivity index (χ4v) is 2.15. The molecule has 2 aromatic carbocycles. The molecule has 0 amide bonds. The highest BCUT2D eigenvalue weighted by Gasteiger charge is 2.14. The van der Waals surface area contributed by atoms with Gasteiger partial charge >= 0.3 is 0 Å². The lowest BCUT2D eigenvalue weighted by molar-refractivity contribution is -0.385. The van der Waals surface area contributed by atoms with Gasteiger partial charge in [-0.25, -0.2) is 0 Å². The van der Waals surface area contributed by atoms with E-state index in [1.165, 1.54) is 6.07 Å². The van der Waals surface area contributed by atoms with Crippen molar-refractivity contribution in [3.05, 3.63) is 68.7 Å². The Morgan fingerprint density at radius 3 is 2.71 bits per heavy atom. The summed E-state index contributed by atoms with van der Waals surface area (Å²) in [6.07, 6.45) is 0. The van der Waals surface area contributed by atoms with E-state index in [2.05, 4.69) is 0 Å². The van der Waals surface area contributed by atoms with Crippen LogP contribution in [0.15, 0.2) is 42.5 Å². The molecule has 0 spiro atoms. The van der Waals surface area contributed by atoms with Crippen LogP contribution < -0.4 is 10.5 Å². The van der Waals surface area contributed by atoms with Gasteiger partial charge in [0.1, 0.15) is 12.4 Å². The van der Waals surface area contributed by atoms with E-state index >= 15 is 0 Å². The summed E-state index contributed by atoms with van der Waals surface area (Å²) < 4.78 is 5.69. The summed E-state index contributed by atoms with van der Waals surface area (Å²) in [5.74, 6) is 0.576. The molecule has 0 saturated carbocycles. The number of rotatable bonds is 5. The number of ether oxygens (including phenoxy) is 1. The fraction of sp³-hybridized carbons (Fsp3) is 0.200. The predicted octanol–water partition coefficient (Wildman–Crippen LogP) is 3.85. The Bertz CT molecular complexity index is 659. The lowest BCUT2D eigenvalue weighted by atomic mass is 10.1. The monoisotopic (exact) mass is 306 g/mol. The van der Waals surface area contributed by atoms with Crippen LogP contribution in [0.4, 0.5) is 5.69 Å². The molecule has 0 saturated heterocycles. The first-order valence-electron chi connectivity index (χ1n) is 6.39. The van der Waals surface area contributed by atoms with Crippen molar-refractivity contribution in [3.8, 4) is 5.75 Å². The highest BCUT2D eigenvalue weighted by atomic mass is 35.5. The summed E-state index contributed by atoms with van der Waals surface area (Å²) in [7, 11) is 0. The first-order chi connectivity index (χ1) is 9.99. The summed E-state index contributed by atoms with van der Waals surface area (Å²) in [6.45, 7) is 1.92. The van der Waals surface area contributed by atoms with Gasteiger partial charge in [0.15, 0.2) is 0 Å². The van der Waals surface area contributed by atoms with E-state index < -0.39 is 4.92 Å². The minimum atomic E-state index is -0.424. The molecule has 0 aliphatic rings. The van der Waals surface area contributed by atoms with Crippen LogP contribution in [0, 0.1) is 10.1 Å². The Balaban J connectivity index is 2.23. The normalized spacial score (nSPS) is 12.0. The molecule has 2 N–H and O–H groups in total. The molecule has 0 fully saturated rings. The second-order valence-electron chi connectivity index (χ2n) is 4.65. The van der Waals surface area contributed by atoms with E-state index in [-0.39, 0.29) is 18.3 Å². The van der Waals surface area contributed by atoms with Crippen LogP contribution in [0.3, 0.4) is 0 Å². The molecule has 0 radical (unpaired) electrons. The SMILES string of the molecule is C[C@@H](N)c1cc(Cl)ccc1OCc1ccccc1[N+](=O)[O-]. The minimum Gasteiger partial charge on any atom is -0.488 e. The molecule has 2 rings (SSSR count). The molecule has 1 atom stereocenters. The Kier molecular flexibility index (Phi) is 4.77. The van der Waals surface area contributed by atoms with Gasteiger partial charge in [0.25, 0.3) is 5.69 Å². The Hall–Kier alpha value is -2.11. The minimum absolute atomic E-state index is 0.0359. The van der Waals surface area contributed by atoms with Crippen LogP contribution in [0.1, 0.15) is 24.1 Å². The first-order valence-corrected chi connectivity index (χ1v) is 6.77. The average molecular weight is 307 g/mol. The van der Waals surface area contributed by atoms with Crippen molar-refractivity contribution in [1.29, 1.82) is 0 Å². The predicted molar refractivity (Wildman–Crippen MR) is 81.5 cm³/mol. The number of nitrogens with zero attached hydrogens (tertiary/aromatic N) is 1. The van der Waals surface area contributed by atoms with E-state index in [4.69, 9.17) is 22.1 Å². The second kappa shape index (κ2) is 6.56. The number of halogens is 1. The molecule has 0 heterocycles. The molecule has 2 aromatic rings. The van der Waals surface area contributed by atoms with Gasteiger partial charge in [-0.2, -0.15) is 0 Å². The lowest BCUT2D eigenvalue weighted by Crippen LogP contribution is -2.08. The van der Waals surface area contributed by atoms with E-state index in [0.717, 1.165) is 5.56 Å². The van der Waals surface area contributed by atoms with Gasteiger partial charge in [0.2, 0.25) is 0 Å². The highest BCUT2D eigenvalue weighted by Crippen LogP contribution is 2.29. The number of hydrogen-bond acceptors (Lipinski definition) is 4. The summed E-state index contributed by atoms with van der Waals surface area (Å²) >= 11 is 5.94. The molecular formula is C15H15ClN2O3. The summed E-state index contributed by atoms with van der Waals surface area (Å²) in [5.41, 5.74) is 7.19. The van der Waals surface area contributed by atoms with E-state index in [0.29, 0.717) is 16.3 Å². The molecule has 5 nitrogen and oxygen atoms in total. The van der Waals surface area contributed by atoms with Gasteiger partial charge in [-0.15, -0.1) is 0 Å². The van der Waals surface area contributed by atoms with E-state index in [1.54, 1.807) is 36.4 Å². The number of para-hydroxylation sites is 1. The number of benzene rings is 2. The zero-order chi connectivity index (χ0) is 15.4. The van der Waals surface area contributed by atoms with Crippen LogP contribution in [0.25, 0.3) is 0 Å². The largest absolute Gasteiger partial charge is 0.488 e. The van der Waals surface area contributed by atoms with Crippen molar-refractivity contribution in [3.63, 3.8) is 0 Å². The van der Waals surface area contributed by atoms with Crippen LogP contribution in [-0.4, -0.2) is 4.92 Å². The fourth-order valence-electron chi connectivity index (χ4n) is 1.97. The van der Waals surface area contributed by atoms with Crippen molar-refractivity contribution in [2.45, 2.75) is 19.6 Å². The molecule has 110 valence electrons. The maximum absolute atomic E-state index is 11.0. The molecule has 0 aliphatic heterocycles. The van der Waals surface area contributed by atoms with Gasteiger partial charge < -0.3 is 10.5 Å². The molecule has 21 heavy (non-hydrogen) atoms. The molecule has 0 aromatic heterocycles. The first kappa shape index (κ1) is 15.3. The highest BCUT2D eigenvalue weighted by molar-refractivity contribution is 6.30. The van der Waals surface area contributed by atoms with Crippen molar-refractivity contribution in [1.82, 2.24) is 0 Å². The van der Waals surface area contributed by atoms with Crippen LogP contribution >= 0.6 is 11.6 Å². The molecular weight excluding hydrogens is 292 g/mol. The van der Waals surface area contributed by atoms with Gasteiger partial charge in [0, 0.05) is 22.7 Å². The third-order valence-electron chi connectivity index (χ3n) is 3.03. The lowest BCUT2D eigenvalue weighted by Gasteiger charge is -2.14. The van der Waals surface area contributed by atoms with Crippen LogP contribution in [-0.2, 0) is 6.61 Å². The van der Waals surface area contributed by atoms with Crippen molar-refractivity contribution in [2.75, 3.05) is 0 Å². The van der Waals surface area contributed by atoms with Crippen LogP contribution in [0.5, 0.6) is 5.75 Å². The second-order valence-corrected chi connectivity index (χ2v) is 5.08. The molecule has 0 unspecified atom stereocenters. The summed E-state index contributed by atoms with van der Waals surface area (Å²) in [4.78, 5) is 10.5. The number of nitro groups is 1.